The number of hydrogen-bond donors (Lipinski definition) is 1. The summed E-state index contributed by atoms with van der Waals surface area (Å²) in [7, 11) is 1.61. The molecule has 1 aromatic carbocycles. The van der Waals surface area contributed by atoms with Crippen LogP contribution in [0.15, 0.2) is 22.7 Å². The molecule has 1 saturated carbocycles. The number of anilines is 1. The van der Waals surface area contributed by atoms with E-state index in [1.165, 1.54) is 0 Å². The van der Waals surface area contributed by atoms with Gasteiger partial charge in [0.15, 0.2) is 0 Å². The Balaban J connectivity index is 2.11. The molecule has 17 heavy (non-hydrogen) atoms. The predicted octanol–water partition coefficient (Wildman–Crippen LogP) is 3.59. The lowest BCUT2D eigenvalue weighted by atomic mass is 10.1. The van der Waals surface area contributed by atoms with Crippen molar-refractivity contribution < 1.29 is 9.53 Å². The molecular weight excluding hydrogens is 282 g/mol. The van der Waals surface area contributed by atoms with E-state index in [0.717, 1.165) is 35.8 Å². The van der Waals surface area contributed by atoms with Gasteiger partial charge in [-0.1, -0.05) is 28.8 Å². The fraction of sp³-hybridized carbons (Fsp3) is 0.462. The van der Waals surface area contributed by atoms with Crippen molar-refractivity contribution in [1.29, 1.82) is 0 Å². The average molecular weight is 298 g/mol. The van der Waals surface area contributed by atoms with Gasteiger partial charge in [-0.15, -0.1) is 0 Å². The van der Waals surface area contributed by atoms with Crippen LogP contribution < -0.4 is 10.1 Å². The smallest absolute Gasteiger partial charge is 0.227 e. The first-order valence-electron chi connectivity index (χ1n) is 5.85. The molecule has 0 radical (unpaired) electrons. The molecule has 0 saturated heterocycles. The zero-order valence-corrected chi connectivity index (χ0v) is 11.4. The number of carbonyl (C=O) groups is 1. The summed E-state index contributed by atoms with van der Waals surface area (Å²) in [5.41, 5.74) is 0.735. The van der Waals surface area contributed by atoms with Crippen LogP contribution >= 0.6 is 15.9 Å². The number of benzene rings is 1. The lowest BCUT2D eigenvalue weighted by Crippen LogP contribution is -2.20. The Bertz CT molecular complexity index is 414. The highest BCUT2D eigenvalue weighted by Crippen LogP contribution is 2.30. The van der Waals surface area contributed by atoms with Gasteiger partial charge in [-0.3, -0.25) is 4.79 Å². The molecule has 0 bridgehead atoms. The Morgan fingerprint density at radius 2 is 2.12 bits per heavy atom. The molecule has 0 heterocycles. The number of ether oxygens (including phenoxy) is 1. The summed E-state index contributed by atoms with van der Waals surface area (Å²) in [5.74, 6) is 0.970. The quantitative estimate of drug-likeness (QED) is 0.926. The largest absolute Gasteiger partial charge is 0.495 e. The Kier molecular flexibility index (Phi) is 4.05. The standard InChI is InChI=1S/C13H16BrNO2/c1-17-12-7-6-10(14)8-11(12)15-13(16)9-4-2-3-5-9/h6-9H,2-5H2,1H3,(H,15,16). The van der Waals surface area contributed by atoms with Crippen LogP contribution in [0.5, 0.6) is 5.75 Å². The molecule has 0 atom stereocenters. The van der Waals surface area contributed by atoms with E-state index in [0.29, 0.717) is 5.75 Å². The van der Waals surface area contributed by atoms with Crippen molar-refractivity contribution >= 4 is 27.5 Å². The molecular formula is C13H16BrNO2. The topological polar surface area (TPSA) is 38.3 Å². The normalized spacial score (nSPS) is 15.9. The Hall–Kier alpha value is -1.03. The molecule has 1 amide bonds. The highest BCUT2D eigenvalue weighted by Gasteiger charge is 2.23. The van der Waals surface area contributed by atoms with E-state index in [2.05, 4.69) is 21.2 Å². The van der Waals surface area contributed by atoms with Crippen LogP contribution in [0, 0.1) is 5.92 Å². The Morgan fingerprint density at radius 1 is 1.41 bits per heavy atom. The lowest BCUT2D eigenvalue weighted by molar-refractivity contribution is -0.119. The van der Waals surface area contributed by atoms with Gasteiger partial charge in [0.25, 0.3) is 0 Å². The first-order chi connectivity index (χ1) is 8.20. The van der Waals surface area contributed by atoms with Crippen LogP contribution in [-0.2, 0) is 4.79 Å². The zero-order chi connectivity index (χ0) is 12.3. The third-order valence-corrected chi connectivity index (χ3v) is 3.64. The molecule has 0 spiro atoms. The van der Waals surface area contributed by atoms with Crippen molar-refractivity contribution in [2.24, 2.45) is 5.92 Å². The second-order valence-electron chi connectivity index (χ2n) is 4.32. The van der Waals surface area contributed by atoms with Gasteiger partial charge in [0.1, 0.15) is 5.75 Å². The van der Waals surface area contributed by atoms with Crippen molar-refractivity contribution in [1.82, 2.24) is 0 Å². The van der Waals surface area contributed by atoms with E-state index in [1.54, 1.807) is 7.11 Å². The molecule has 0 aromatic heterocycles. The monoisotopic (exact) mass is 297 g/mol. The summed E-state index contributed by atoms with van der Waals surface area (Å²) in [6, 6.07) is 5.60. The number of rotatable bonds is 3. The summed E-state index contributed by atoms with van der Waals surface area (Å²) in [4.78, 5) is 12.0. The SMILES string of the molecule is COc1ccc(Br)cc1NC(=O)C1CCCC1. The van der Waals surface area contributed by atoms with E-state index >= 15 is 0 Å². The number of halogens is 1. The van der Waals surface area contributed by atoms with Gasteiger partial charge in [-0.25, -0.2) is 0 Å². The van der Waals surface area contributed by atoms with Gasteiger partial charge in [0, 0.05) is 10.4 Å². The number of methoxy groups -OCH3 is 1. The minimum absolute atomic E-state index is 0.110. The molecule has 0 aliphatic heterocycles. The maximum absolute atomic E-state index is 12.0. The highest BCUT2D eigenvalue weighted by atomic mass is 79.9. The minimum atomic E-state index is 0.110. The van der Waals surface area contributed by atoms with Crippen LogP contribution in [0.1, 0.15) is 25.7 Å². The fourth-order valence-electron chi connectivity index (χ4n) is 2.20. The summed E-state index contributed by atoms with van der Waals surface area (Å²) >= 11 is 3.39. The molecule has 1 N–H and O–H groups in total. The summed E-state index contributed by atoms with van der Waals surface area (Å²) in [5, 5.41) is 2.95. The highest BCUT2D eigenvalue weighted by molar-refractivity contribution is 9.10. The Labute approximate surface area is 110 Å². The molecule has 4 heteroatoms. The number of hydrogen-bond acceptors (Lipinski definition) is 2. The van der Waals surface area contributed by atoms with E-state index < -0.39 is 0 Å². The third-order valence-electron chi connectivity index (χ3n) is 3.15. The van der Waals surface area contributed by atoms with E-state index in [9.17, 15) is 4.79 Å². The van der Waals surface area contributed by atoms with Crippen LogP contribution in [0.2, 0.25) is 0 Å². The van der Waals surface area contributed by atoms with E-state index in [1.807, 2.05) is 18.2 Å². The van der Waals surface area contributed by atoms with Crippen LogP contribution in [0.3, 0.4) is 0 Å². The van der Waals surface area contributed by atoms with Gasteiger partial charge in [0.2, 0.25) is 5.91 Å². The van der Waals surface area contributed by atoms with Gasteiger partial charge >= 0.3 is 0 Å². The first kappa shape index (κ1) is 12.4. The van der Waals surface area contributed by atoms with Gasteiger partial charge in [-0.05, 0) is 31.0 Å². The molecule has 1 aromatic rings. The summed E-state index contributed by atoms with van der Waals surface area (Å²) < 4.78 is 6.16. The van der Waals surface area contributed by atoms with Crippen LogP contribution in [-0.4, -0.2) is 13.0 Å². The van der Waals surface area contributed by atoms with Gasteiger partial charge in [0.05, 0.1) is 12.8 Å². The van der Waals surface area contributed by atoms with Gasteiger partial charge < -0.3 is 10.1 Å². The lowest BCUT2D eigenvalue weighted by Gasteiger charge is -2.13. The van der Waals surface area contributed by atoms with Crippen molar-refractivity contribution in [3.63, 3.8) is 0 Å². The van der Waals surface area contributed by atoms with Crippen LogP contribution in [0.4, 0.5) is 5.69 Å². The number of amides is 1. The molecule has 92 valence electrons. The van der Waals surface area contributed by atoms with E-state index in [4.69, 9.17) is 4.74 Å². The third kappa shape index (κ3) is 3.00. The average Bonchev–Trinajstić information content (AvgIpc) is 2.83. The second-order valence-corrected chi connectivity index (χ2v) is 5.23. The van der Waals surface area contributed by atoms with Crippen LogP contribution in [0.25, 0.3) is 0 Å². The zero-order valence-electron chi connectivity index (χ0n) is 9.83. The molecule has 2 rings (SSSR count). The molecule has 1 aliphatic carbocycles. The predicted molar refractivity (Wildman–Crippen MR) is 71.3 cm³/mol. The second kappa shape index (κ2) is 5.54. The van der Waals surface area contributed by atoms with Crippen molar-refractivity contribution in [3.8, 4) is 5.75 Å². The first-order valence-corrected chi connectivity index (χ1v) is 6.64. The minimum Gasteiger partial charge on any atom is -0.495 e. The number of carbonyl (C=O) groups excluding carboxylic acids is 1. The maximum atomic E-state index is 12.0. The summed E-state index contributed by atoms with van der Waals surface area (Å²) in [6.07, 6.45) is 4.33. The summed E-state index contributed by atoms with van der Waals surface area (Å²) in [6.45, 7) is 0. The molecule has 0 unspecified atom stereocenters. The molecule has 1 fully saturated rings. The molecule has 1 aliphatic rings. The van der Waals surface area contributed by atoms with Crippen molar-refractivity contribution in [2.45, 2.75) is 25.7 Å². The Morgan fingerprint density at radius 3 is 2.76 bits per heavy atom. The van der Waals surface area contributed by atoms with E-state index in [-0.39, 0.29) is 11.8 Å². The maximum Gasteiger partial charge on any atom is 0.227 e. The number of nitrogens with one attached hydrogen (secondary N) is 1. The van der Waals surface area contributed by atoms with Crippen molar-refractivity contribution in [2.75, 3.05) is 12.4 Å². The van der Waals surface area contributed by atoms with Gasteiger partial charge in [-0.2, -0.15) is 0 Å². The fourth-order valence-corrected chi connectivity index (χ4v) is 2.56. The van der Waals surface area contributed by atoms with Crippen molar-refractivity contribution in [3.05, 3.63) is 22.7 Å². The molecule has 3 nitrogen and oxygen atoms in total.